The Morgan fingerprint density at radius 1 is 1.26 bits per heavy atom. The molecule has 1 aliphatic carbocycles. The van der Waals surface area contributed by atoms with E-state index in [4.69, 9.17) is 16.1 Å². The number of carbonyl (C=O) groups excluding carboxylic acids is 1. The van der Waals surface area contributed by atoms with Crippen molar-refractivity contribution in [1.29, 1.82) is 0 Å². The highest BCUT2D eigenvalue weighted by Crippen LogP contribution is 2.22. The molecule has 23 heavy (non-hydrogen) atoms. The lowest BCUT2D eigenvalue weighted by Crippen LogP contribution is -2.25. The van der Waals surface area contributed by atoms with Crippen LogP contribution in [-0.2, 0) is 0 Å². The van der Waals surface area contributed by atoms with Crippen LogP contribution in [0.2, 0.25) is 5.02 Å². The van der Waals surface area contributed by atoms with E-state index in [1.54, 1.807) is 18.2 Å². The summed E-state index contributed by atoms with van der Waals surface area (Å²) in [7, 11) is 0. The van der Waals surface area contributed by atoms with Crippen LogP contribution in [0.3, 0.4) is 0 Å². The molecule has 1 amide bonds. The Balaban J connectivity index is 1.55. The van der Waals surface area contributed by atoms with Crippen LogP contribution in [-0.4, -0.2) is 17.6 Å². The first-order valence-corrected chi connectivity index (χ1v) is 8.29. The van der Waals surface area contributed by atoms with E-state index < -0.39 is 0 Å². The fourth-order valence-electron chi connectivity index (χ4n) is 2.69. The van der Waals surface area contributed by atoms with Gasteiger partial charge in [0.1, 0.15) is 0 Å². The third-order valence-electron chi connectivity index (χ3n) is 3.99. The molecule has 0 saturated carbocycles. The summed E-state index contributed by atoms with van der Waals surface area (Å²) in [5, 5.41) is 7.40. The summed E-state index contributed by atoms with van der Waals surface area (Å²) in [5.74, 6) is 0.354. The van der Waals surface area contributed by atoms with E-state index in [2.05, 4.69) is 16.5 Å². The van der Waals surface area contributed by atoms with Crippen LogP contribution in [0.15, 0.2) is 46.5 Å². The first-order chi connectivity index (χ1) is 11.2. The smallest absolute Gasteiger partial charge is 0.273 e. The molecule has 1 aromatic carbocycles. The lowest BCUT2D eigenvalue weighted by molar-refractivity contribution is 0.0945. The van der Waals surface area contributed by atoms with Gasteiger partial charge in [-0.05, 0) is 56.4 Å². The number of aromatic nitrogens is 1. The van der Waals surface area contributed by atoms with Gasteiger partial charge in [-0.25, -0.2) is 0 Å². The van der Waals surface area contributed by atoms with Crippen molar-refractivity contribution in [1.82, 2.24) is 10.5 Å². The minimum Gasteiger partial charge on any atom is -0.355 e. The largest absolute Gasteiger partial charge is 0.355 e. The second-order valence-electron chi connectivity index (χ2n) is 5.70. The SMILES string of the molecule is O=C(NCCC1=CCCCC1)c1cc(-c2ccc(Cl)cc2)on1. The molecule has 0 radical (unpaired) electrons. The van der Waals surface area contributed by atoms with E-state index in [1.807, 2.05) is 12.1 Å². The zero-order chi connectivity index (χ0) is 16.1. The minimum atomic E-state index is -0.203. The van der Waals surface area contributed by atoms with Gasteiger partial charge in [0.05, 0.1) is 0 Å². The number of rotatable bonds is 5. The Bertz CT molecular complexity index is 704. The molecule has 2 aromatic rings. The second-order valence-corrected chi connectivity index (χ2v) is 6.13. The summed E-state index contributed by atoms with van der Waals surface area (Å²) < 4.78 is 5.24. The summed E-state index contributed by atoms with van der Waals surface area (Å²) in [6, 6.07) is 8.87. The predicted molar refractivity (Wildman–Crippen MR) is 90.5 cm³/mol. The van der Waals surface area contributed by atoms with E-state index in [1.165, 1.54) is 18.4 Å². The van der Waals surface area contributed by atoms with Crippen molar-refractivity contribution in [2.75, 3.05) is 6.54 Å². The molecule has 1 heterocycles. The Labute approximate surface area is 140 Å². The molecule has 5 heteroatoms. The van der Waals surface area contributed by atoms with Gasteiger partial charge < -0.3 is 9.84 Å². The van der Waals surface area contributed by atoms with Gasteiger partial charge in [-0.1, -0.05) is 28.4 Å². The predicted octanol–water partition coefficient (Wildman–Crippen LogP) is 4.62. The van der Waals surface area contributed by atoms with Crippen LogP contribution in [0.25, 0.3) is 11.3 Å². The molecule has 1 aliphatic rings. The van der Waals surface area contributed by atoms with Gasteiger partial charge in [-0.3, -0.25) is 4.79 Å². The van der Waals surface area contributed by atoms with Crippen LogP contribution < -0.4 is 5.32 Å². The first kappa shape index (κ1) is 15.8. The Kier molecular flexibility index (Phi) is 5.13. The zero-order valence-corrected chi connectivity index (χ0v) is 13.6. The van der Waals surface area contributed by atoms with E-state index >= 15 is 0 Å². The van der Waals surface area contributed by atoms with Gasteiger partial charge >= 0.3 is 0 Å². The van der Waals surface area contributed by atoms with Crippen LogP contribution in [0.5, 0.6) is 0 Å². The van der Waals surface area contributed by atoms with E-state index in [0.717, 1.165) is 24.8 Å². The number of carbonyl (C=O) groups is 1. The molecule has 0 bridgehead atoms. The molecule has 1 aromatic heterocycles. The highest BCUT2D eigenvalue weighted by atomic mass is 35.5. The summed E-state index contributed by atoms with van der Waals surface area (Å²) in [5.41, 5.74) is 2.58. The Morgan fingerprint density at radius 2 is 2.09 bits per heavy atom. The highest BCUT2D eigenvalue weighted by Gasteiger charge is 2.13. The van der Waals surface area contributed by atoms with Crippen molar-refractivity contribution in [3.63, 3.8) is 0 Å². The molecular weight excluding hydrogens is 312 g/mol. The molecule has 0 atom stereocenters. The molecule has 0 unspecified atom stereocenters. The lowest BCUT2D eigenvalue weighted by Gasteiger charge is -2.12. The van der Waals surface area contributed by atoms with Crippen LogP contribution in [0, 0.1) is 0 Å². The molecule has 0 spiro atoms. The lowest BCUT2D eigenvalue weighted by atomic mass is 9.97. The van der Waals surface area contributed by atoms with Gasteiger partial charge in [0.15, 0.2) is 11.5 Å². The number of nitrogens with one attached hydrogen (secondary N) is 1. The van der Waals surface area contributed by atoms with Crippen LogP contribution in [0.1, 0.15) is 42.6 Å². The van der Waals surface area contributed by atoms with Crippen molar-refractivity contribution in [3.8, 4) is 11.3 Å². The number of allylic oxidation sites excluding steroid dienone is 1. The summed E-state index contributed by atoms with van der Waals surface area (Å²) in [6.45, 7) is 0.633. The van der Waals surface area contributed by atoms with E-state index in [0.29, 0.717) is 23.0 Å². The summed E-state index contributed by atoms with van der Waals surface area (Å²) >= 11 is 5.86. The summed E-state index contributed by atoms with van der Waals surface area (Å²) in [6.07, 6.45) is 8.06. The van der Waals surface area contributed by atoms with Crippen molar-refractivity contribution in [2.45, 2.75) is 32.1 Å². The Morgan fingerprint density at radius 3 is 2.83 bits per heavy atom. The molecular formula is C18H19ClN2O2. The van der Waals surface area contributed by atoms with Crippen molar-refractivity contribution >= 4 is 17.5 Å². The average Bonchev–Trinajstić information content (AvgIpc) is 3.06. The zero-order valence-electron chi connectivity index (χ0n) is 12.8. The van der Waals surface area contributed by atoms with Crippen molar-refractivity contribution < 1.29 is 9.32 Å². The van der Waals surface area contributed by atoms with Gasteiger partial charge in [0, 0.05) is 23.2 Å². The van der Waals surface area contributed by atoms with Gasteiger partial charge in [-0.2, -0.15) is 0 Å². The topological polar surface area (TPSA) is 55.1 Å². The molecule has 0 fully saturated rings. The van der Waals surface area contributed by atoms with Gasteiger partial charge in [-0.15, -0.1) is 0 Å². The van der Waals surface area contributed by atoms with Crippen LogP contribution >= 0.6 is 11.6 Å². The fourth-order valence-corrected chi connectivity index (χ4v) is 2.82. The third-order valence-corrected chi connectivity index (χ3v) is 4.24. The fraction of sp³-hybridized carbons (Fsp3) is 0.333. The molecule has 120 valence electrons. The number of hydrogen-bond donors (Lipinski definition) is 1. The number of halogens is 1. The normalized spacial score (nSPS) is 14.4. The minimum absolute atomic E-state index is 0.203. The third kappa shape index (κ3) is 4.23. The maximum atomic E-state index is 12.1. The average molecular weight is 331 g/mol. The number of benzene rings is 1. The quantitative estimate of drug-likeness (QED) is 0.814. The molecule has 4 nitrogen and oxygen atoms in total. The van der Waals surface area contributed by atoms with Crippen molar-refractivity contribution in [3.05, 3.63) is 52.7 Å². The molecule has 1 N–H and O–H groups in total. The standard InChI is InChI=1S/C18H19ClN2O2/c19-15-8-6-14(7-9-15)17-12-16(21-23-17)18(22)20-11-10-13-4-2-1-3-5-13/h4,6-9,12H,1-3,5,10-11H2,(H,20,22). The number of amides is 1. The first-order valence-electron chi connectivity index (χ1n) is 7.91. The molecule has 0 saturated heterocycles. The van der Waals surface area contributed by atoms with Crippen molar-refractivity contribution in [2.24, 2.45) is 0 Å². The molecule has 0 aliphatic heterocycles. The highest BCUT2D eigenvalue weighted by molar-refractivity contribution is 6.30. The maximum absolute atomic E-state index is 12.1. The van der Waals surface area contributed by atoms with Crippen LogP contribution in [0.4, 0.5) is 0 Å². The van der Waals surface area contributed by atoms with Gasteiger partial charge in [0.2, 0.25) is 0 Å². The maximum Gasteiger partial charge on any atom is 0.273 e. The Hall–Kier alpha value is -2.07. The van der Waals surface area contributed by atoms with E-state index in [9.17, 15) is 4.79 Å². The second kappa shape index (κ2) is 7.47. The number of hydrogen-bond acceptors (Lipinski definition) is 3. The number of nitrogens with zero attached hydrogens (tertiary/aromatic N) is 1. The van der Waals surface area contributed by atoms with Gasteiger partial charge in [0.25, 0.3) is 5.91 Å². The van der Waals surface area contributed by atoms with E-state index in [-0.39, 0.29) is 5.91 Å². The monoisotopic (exact) mass is 330 g/mol. The molecule has 3 rings (SSSR count). The summed E-state index contributed by atoms with van der Waals surface area (Å²) in [4.78, 5) is 12.1.